The van der Waals surface area contributed by atoms with Gasteiger partial charge in [0.1, 0.15) is 12.4 Å². The fourth-order valence-electron chi connectivity index (χ4n) is 3.38. The van der Waals surface area contributed by atoms with Gasteiger partial charge in [-0.2, -0.15) is 0 Å². The Morgan fingerprint density at radius 2 is 2.04 bits per heavy atom. The van der Waals surface area contributed by atoms with Gasteiger partial charge in [-0.15, -0.1) is 0 Å². The molecule has 0 aliphatic carbocycles. The summed E-state index contributed by atoms with van der Waals surface area (Å²) < 4.78 is 11.1. The highest BCUT2D eigenvalue weighted by atomic mass is 35.5. The van der Waals surface area contributed by atoms with Gasteiger partial charge in [-0.3, -0.25) is 4.79 Å². The molecule has 2 aromatic carbocycles. The van der Waals surface area contributed by atoms with E-state index in [-0.39, 0.29) is 18.3 Å². The molecule has 3 aromatic rings. The number of aromatic nitrogens is 1. The van der Waals surface area contributed by atoms with Crippen LogP contribution in [0.4, 0.5) is 0 Å². The van der Waals surface area contributed by atoms with Crippen LogP contribution in [-0.4, -0.2) is 34.0 Å². The zero-order chi connectivity index (χ0) is 19.8. The van der Waals surface area contributed by atoms with Gasteiger partial charge in [-0.25, -0.2) is 4.98 Å². The molecule has 0 saturated heterocycles. The Bertz CT molecular complexity index is 1060. The fraction of sp³-hybridized carbons (Fsp3) is 0.238. The van der Waals surface area contributed by atoms with Crippen molar-refractivity contribution < 1.29 is 19.1 Å². The average molecular weight is 399 g/mol. The molecule has 0 saturated carbocycles. The van der Waals surface area contributed by atoms with Crippen LogP contribution >= 0.6 is 11.6 Å². The molecular formula is C21H19ClN2O4. The SMILES string of the molecule is Cc1nc(C(=O)N2CCOc3c(O)cc(-c4cccc(Cl)c4)cc3C2)c(C)o1. The highest BCUT2D eigenvalue weighted by molar-refractivity contribution is 6.30. The number of phenols is 1. The van der Waals surface area contributed by atoms with Gasteiger partial charge in [0.2, 0.25) is 0 Å². The Morgan fingerprint density at radius 3 is 2.75 bits per heavy atom. The molecule has 0 unspecified atom stereocenters. The van der Waals surface area contributed by atoms with Gasteiger partial charge in [0.15, 0.2) is 23.1 Å². The van der Waals surface area contributed by atoms with Gasteiger partial charge in [0, 0.05) is 24.1 Å². The van der Waals surface area contributed by atoms with E-state index in [0.717, 1.165) is 16.7 Å². The Balaban J connectivity index is 1.70. The molecule has 2 heterocycles. The zero-order valence-corrected chi connectivity index (χ0v) is 16.3. The maximum absolute atomic E-state index is 12.9. The average Bonchev–Trinajstić information content (AvgIpc) is 2.87. The molecule has 0 bridgehead atoms. The molecule has 1 aromatic heterocycles. The molecule has 28 heavy (non-hydrogen) atoms. The Kier molecular flexibility index (Phi) is 4.73. The monoisotopic (exact) mass is 398 g/mol. The van der Waals surface area contributed by atoms with E-state index in [0.29, 0.717) is 41.2 Å². The van der Waals surface area contributed by atoms with Gasteiger partial charge in [-0.05, 0) is 42.3 Å². The summed E-state index contributed by atoms with van der Waals surface area (Å²) >= 11 is 6.10. The number of carbonyl (C=O) groups is 1. The van der Waals surface area contributed by atoms with Crippen molar-refractivity contribution in [1.82, 2.24) is 9.88 Å². The number of hydrogen-bond acceptors (Lipinski definition) is 5. The molecular weight excluding hydrogens is 380 g/mol. The van der Waals surface area contributed by atoms with Gasteiger partial charge in [0.25, 0.3) is 5.91 Å². The van der Waals surface area contributed by atoms with Crippen LogP contribution in [0.15, 0.2) is 40.8 Å². The van der Waals surface area contributed by atoms with Crippen LogP contribution in [0, 0.1) is 13.8 Å². The first-order valence-electron chi connectivity index (χ1n) is 8.90. The fourth-order valence-corrected chi connectivity index (χ4v) is 3.57. The number of carbonyl (C=O) groups excluding carboxylic acids is 1. The third-order valence-electron chi connectivity index (χ3n) is 4.67. The van der Waals surface area contributed by atoms with Crippen LogP contribution in [0.2, 0.25) is 5.02 Å². The minimum absolute atomic E-state index is 0.0373. The third-order valence-corrected chi connectivity index (χ3v) is 4.90. The number of amides is 1. The summed E-state index contributed by atoms with van der Waals surface area (Å²) in [5, 5.41) is 11.1. The molecule has 7 heteroatoms. The summed E-state index contributed by atoms with van der Waals surface area (Å²) in [6.45, 7) is 4.38. The van der Waals surface area contributed by atoms with Crippen molar-refractivity contribution in [2.24, 2.45) is 0 Å². The summed E-state index contributed by atoms with van der Waals surface area (Å²) in [5.41, 5.74) is 2.69. The minimum Gasteiger partial charge on any atom is -0.504 e. The van der Waals surface area contributed by atoms with Crippen LogP contribution in [-0.2, 0) is 6.54 Å². The molecule has 0 atom stereocenters. The Morgan fingerprint density at radius 1 is 1.21 bits per heavy atom. The van der Waals surface area contributed by atoms with E-state index >= 15 is 0 Å². The topological polar surface area (TPSA) is 75.8 Å². The zero-order valence-electron chi connectivity index (χ0n) is 15.5. The summed E-state index contributed by atoms with van der Waals surface area (Å²) in [5.74, 6) is 1.15. The van der Waals surface area contributed by atoms with Crippen LogP contribution < -0.4 is 4.74 Å². The molecule has 1 amide bonds. The molecule has 0 spiro atoms. The number of nitrogens with zero attached hydrogens (tertiary/aromatic N) is 2. The van der Waals surface area contributed by atoms with Gasteiger partial charge in [-0.1, -0.05) is 23.7 Å². The summed E-state index contributed by atoms with van der Waals surface area (Å²) in [6.07, 6.45) is 0. The van der Waals surface area contributed by atoms with Crippen molar-refractivity contribution in [3.8, 4) is 22.6 Å². The van der Waals surface area contributed by atoms with E-state index in [1.165, 1.54) is 0 Å². The number of fused-ring (bicyclic) bond motifs is 1. The van der Waals surface area contributed by atoms with Gasteiger partial charge >= 0.3 is 0 Å². The second-order valence-corrected chi connectivity index (χ2v) is 7.14. The van der Waals surface area contributed by atoms with E-state index < -0.39 is 0 Å². The van der Waals surface area contributed by atoms with E-state index in [2.05, 4.69) is 4.98 Å². The predicted molar refractivity (Wildman–Crippen MR) is 105 cm³/mol. The maximum atomic E-state index is 12.9. The van der Waals surface area contributed by atoms with Gasteiger partial charge in [0.05, 0.1) is 6.54 Å². The van der Waals surface area contributed by atoms with Crippen LogP contribution in [0.3, 0.4) is 0 Å². The molecule has 0 radical (unpaired) electrons. The number of benzene rings is 2. The molecule has 6 nitrogen and oxygen atoms in total. The number of aromatic hydroxyl groups is 1. The van der Waals surface area contributed by atoms with Crippen molar-refractivity contribution in [3.05, 3.63) is 64.3 Å². The second kappa shape index (κ2) is 7.20. The van der Waals surface area contributed by atoms with Crippen molar-refractivity contribution in [2.45, 2.75) is 20.4 Å². The number of oxazole rings is 1. The lowest BCUT2D eigenvalue weighted by Crippen LogP contribution is -2.33. The number of ether oxygens (including phenoxy) is 1. The number of hydrogen-bond donors (Lipinski definition) is 1. The quantitative estimate of drug-likeness (QED) is 0.694. The molecule has 4 rings (SSSR count). The second-order valence-electron chi connectivity index (χ2n) is 6.71. The minimum atomic E-state index is -0.224. The number of rotatable bonds is 2. The van der Waals surface area contributed by atoms with Gasteiger partial charge < -0.3 is 19.2 Å². The third kappa shape index (κ3) is 3.43. The standard InChI is InChI=1S/C21H19ClN2O4/c1-12-19(23-13(2)28-12)21(26)24-6-7-27-20-16(11-24)8-15(10-18(20)25)14-4-3-5-17(22)9-14/h3-5,8-10,25H,6-7,11H2,1-2H3. The normalized spacial score (nSPS) is 13.6. The Hall–Kier alpha value is -2.99. The molecule has 1 aliphatic heterocycles. The van der Waals surface area contributed by atoms with Crippen LogP contribution in [0.5, 0.6) is 11.5 Å². The van der Waals surface area contributed by atoms with E-state index in [9.17, 15) is 9.90 Å². The number of aryl methyl sites for hydroxylation is 2. The van der Waals surface area contributed by atoms with Crippen LogP contribution in [0.1, 0.15) is 27.7 Å². The van der Waals surface area contributed by atoms with Crippen molar-refractivity contribution in [2.75, 3.05) is 13.2 Å². The van der Waals surface area contributed by atoms with E-state index in [4.69, 9.17) is 20.8 Å². The number of halogens is 1. The smallest absolute Gasteiger partial charge is 0.276 e. The lowest BCUT2D eigenvalue weighted by atomic mass is 10.0. The highest BCUT2D eigenvalue weighted by Gasteiger charge is 2.26. The van der Waals surface area contributed by atoms with E-state index in [1.54, 1.807) is 30.9 Å². The van der Waals surface area contributed by atoms with E-state index in [1.807, 2.05) is 24.3 Å². The lowest BCUT2D eigenvalue weighted by molar-refractivity contribution is 0.0726. The molecule has 1 aliphatic rings. The number of phenolic OH excluding ortho intramolecular Hbond substituents is 1. The largest absolute Gasteiger partial charge is 0.504 e. The summed E-state index contributed by atoms with van der Waals surface area (Å²) in [4.78, 5) is 18.8. The summed E-state index contributed by atoms with van der Waals surface area (Å²) in [7, 11) is 0. The Labute approximate surface area is 167 Å². The molecule has 0 fully saturated rings. The first kappa shape index (κ1) is 18.4. The van der Waals surface area contributed by atoms with Crippen LogP contribution in [0.25, 0.3) is 11.1 Å². The molecule has 1 N–H and O–H groups in total. The predicted octanol–water partition coefficient (Wildman–Crippen LogP) is 4.35. The van der Waals surface area contributed by atoms with Crippen molar-refractivity contribution in [3.63, 3.8) is 0 Å². The first-order chi connectivity index (χ1) is 13.4. The first-order valence-corrected chi connectivity index (χ1v) is 9.28. The summed E-state index contributed by atoms with van der Waals surface area (Å²) in [6, 6.07) is 10.9. The lowest BCUT2D eigenvalue weighted by Gasteiger charge is -2.19. The maximum Gasteiger partial charge on any atom is 0.276 e. The molecule has 144 valence electrons. The van der Waals surface area contributed by atoms with Crippen molar-refractivity contribution in [1.29, 1.82) is 0 Å². The highest BCUT2D eigenvalue weighted by Crippen LogP contribution is 2.38. The van der Waals surface area contributed by atoms with Crippen molar-refractivity contribution >= 4 is 17.5 Å².